The van der Waals surface area contributed by atoms with Crippen LogP contribution in [0.2, 0.25) is 0 Å². The Hall–Kier alpha value is 0. The summed E-state index contributed by atoms with van der Waals surface area (Å²) in [5, 5.41) is 0. The topological polar surface area (TPSA) is 0 Å². The van der Waals surface area contributed by atoms with Crippen LogP contribution in [0, 0.1) is 71.0 Å². The zero-order valence-electron chi connectivity index (χ0n) is 43.7. The highest BCUT2D eigenvalue weighted by molar-refractivity contribution is 4.85. The van der Waals surface area contributed by atoms with Crippen LogP contribution in [0.15, 0.2) is 0 Å². The third kappa shape index (κ3) is 20.5. The van der Waals surface area contributed by atoms with Crippen LogP contribution in [0.5, 0.6) is 0 Å². The largest absolute Gasteiger partial charge is 0.0533 e. The highest BCUT2D eigenvalue weighted by Gasteiger charge is 2.33. The van der Waals surface area contributed by atoms with Gasteiger partial charge in [-0.1, -0.05) is 289 Å². The molecule has 18 aliphatic carbocycles. The Morgan fingerprint density at radius 1 is 0.0938 bits per heavy atom. The van der Waals surface area contributed by atoms with Crippen LogP contribution in [0.4, 0.5) is 0 Å². The molecule has 0 aromatic rings. The lowest BCUT2D eigenvalue weighted by atomic mass is 9.65. The first-order valence-corrected chi connectivity index (χ1v) is 31.7. The van der Waals surface area contributed by atoms with Crippen molar-refractivity contribution in [2.24, 2.45) is 71.0 Å². The fourth-order valence-corrected chi connectivity index (χ4v) is 16.7. The summed E-state index contributed by atoms with van der Waals surface area (Å²) in [6, 6.07) is 0. The predicted molar refractivity (Wildman–Crippen MR) is 282 cm³/mol. The van der Waals surface area contributed by atoms with Crippen LogP contribution in [-0.2, 0) is 0 Å². The Morgan fingerprint density at radius 3 is 0.391 bits per heavy atom. The van der Waals surface area contributed by atoms with Gasteiger partial charge in [0.1, 0.15) is 0 Å². The Balaban J connectivity index is 0.000000108. The van der Waals surface area contributed by atoms with E-state index in [1.54, 1.807) is 186 Å². The second-order valence-corrected chi connectivity index (χ2v) is 26.5. The molecule has 0 heterocycles. The van der Waals surface area contributed by atoms with Gasteiger partial charge in [-0.25, -0.2) is 0 Å². The number of hydrogen-bond acceptors (Lipinski definition) is 0. The molecule has 0 aromatic carbocycles. The molecule has 0 nitrogen and oxygen atoms in total. The monoisotopic (exact) mass is 885 g/mol. The van der Waals surface area contributed by atoms with E-state index in [2.05, 4.69) is 0 Å². The molecule has 0 N–H and O–H groups in total. The summed E-state index contributed by atoms with van der Waals surface area (Å²) in [4.78, 5) is 0. The molecule has 18 aliphatic rings. The van der Waals surface area contributed by atoms with Crippen LogP contribution in [0.25, 0.3) is 0 Å². The molecule has 0 radical (unpaired) electrons. The molecule has 18 fully saturated rings. The minimum absolute atomic E-state index is 1.15. The molecule has 0 aromatic heterocycles. The standard InChI is InChI=1S/4C8H14.2C7H12.C7H14.C6H12.C5H10/c1-2-8-5-3-7(1)4-6-8;2*1-2-7-4-5-8(3-1)6-7;1-2-4-8-5-7(3-1)6-8;1-2-7-4-3-6(1)5-7;1-2-6-4-7(3-1)5-6;1-2-4-6-7-5-3-1;1-2-4-6-5-3-1;1-2-4-5-3-1/h4*7-8H,1-6H2;2*6-7H,1-5H2;1-7H2;1-6H2;1-5H2. The average Bonchev–Trinajstić information content (AvgIpc) is 4.18. The first-order valence-electron chi connectivity index (χ1n) is 31.7. The Bertz CT molecular complexity index is 929. The lowest BCUT2D eigenvalue weighted by Crippen LogP contribution is -2.28. The van der Waals surface area contributed by atoms with Gasteiger partial charge in [-0.3, -0.25) is 0 Å². The van der Waals surface area contributed by atoms with Gasteiger partial charge in [0.2, 0.25) is 0 Å². The molecule has 64 heavy (non-hydrogen) atoms. The number of hydrogen-bond donors (Lipinski definition) is 0. The van der Waals surface area contributed by atoms with E-state index in [4.69, 9.17) is 0 Å². The SMILES string of the molecule is C1CC2CC(C1)C2.C1CC2CCC(C1)C2.C1CC2CCC(C1)C2.C1CC2CCC1C2.C1CC2CCC1CC2.C1CCC2CC(C1)C2.C1CCCC1.C1CCCCC1.C1CCCCCC1. The van der Waals surface area contributed by atoms with E-state index >= 15 is 0 Å². The van der Waals surface area contributed by atoms with Crippen molar-refractivity contribution in [3.05, 3.63) is 0 Å². The molecule has 0 saturated heterocycles. The zero-order chi connectivity index (χ0) is 43.7. The third-order valence-corrected chi connectivity index (χ3v) is 21.2. The van der Waals surface area contributed by atoms with Gasteiger partial charge >= 0.3 is 0 Å². The first kappa shape index (κ1) is 51.8. The molecule has 372 valence electrons. The summed E-state index contributed by atoms with van der Waals surface area (Å²) in [7, 11) is 0. The summed E-state index contributed by atoms with van der Waals surface area (Å²) >= 11 is 0. The van der Waals surface area contributed by atoms with Gasteiger partial charge in [0.15, 0.2) is 0 Å². The highest BCUT2D eigenvalue weighted by atomic mass is 14.4. The van der Waals surface area contributed by atoms with Crippen LogP contribution >= 0.6 is 0 Å². The maximum Gasteiger partial charge on any atom is -0.0409 e. The average molecular weight is 886 g/mol. The lowest BCUT2D eigenvalue weighted by Gasteiger charge is -2.40. The van der Waals surface area contributed by atoms with Gasteiger partial charge in [-0.2, -0.15) is 0 Å². The quantitative estimate of drug-likeness (QED) is 0.213. The van der Waals surface area contributed by atoms with Crippen molar-refractivity contribution in [2.75, 3.05) is 0 Å². The van der Waals surface area contributed by atoms with Gasteiger partial charge in [-0.05, 0) is 116 Å². The maximum absolute atomic E-state index is 1.58. The van der Waals surface area contributed by atoms with Crippen molar-refractivity contribution in [1.82, 2.24) is 0 Å². The number of fused-ring (bicyclic) bond motifs is 14. The van der Waals surface area contributed by atoms with Gasteiger partial charge in [0, 0.05) is 0 Å². The van der Waals surface area contributed by atoms with Crippen molar-refractivity contribution in [1.29, 1.82) is 0 Å². The minimum Gasteiger partial charge on any atom is -0.0533 e. The van der Waals surface area contributed by atoms with Gasteiger partial charge < -0.3 is 0 Å². The van der Waals surface area contributed by atoms with E-state index < -0.39 is 0 Å². The van der Waals surface area contributed by atoms with E-state index in [1.165, 1.54) is 183 Å². The molecule has 12 bridgehead atoms. The Kier molecular flexibility index (Phi) is 25.3. The molecule has 18 rings (SSSR count). The van der Waals surface area contributed by atoms with E-state index in [0.29, 0.717) is 0 Å². The highest BCUT2D eigenvalue weighted by Crippen LogP contribution is 2.47. The van der Waals surface area contributed by atoms with Crippen LogP contribution in [-0.4, -0.2) is 0 Å². The fraction of sp³-hybridized carbons (Fsp3) is 1.00. The summed E-state index contributed by atoms with van der Waals surface area (Å²) in [5.74, 6) is 14.0. The van der Waals surface area contributed by atoms with Gasteiger partial charge in [-0.15, -0.1) is 0 Å². The molecule has 0 amide bonds. The second-order valence-electron chi connectivity index (χ2n) is 26.5. The zero-order valence-corrected chi connectivity index (χ0v) is 43.7. The van der Waals surface area contributed by atoms with Gasteiger partial charge in [0.05, 0.1) is 0 Å². The van der Waals surface area contributed by atoms with Crippen molar-refractivity contribution >= 4 is 0 Å². The molecule has 4 atom stereocenters. The summed E-state index contributed by atoms with van der Waals surface area (Å²) < 4.78 is 0. The van der Waals surface area contributed by atoms with Crippen molar-refractivity contribution in [3.63, 3.8) is 0 Å². The van der Waals surface area contributed by atoms with Crippen molar-refractivity contribution < 1.29 is 0 Å². The van der Waals surface area contributed by atoms with Gasteiger partial charge in [0.25, 0.3) is 0 Å². The third-order valence-electron chi connectivity index (χ3n) is 21.2. The van der Waals surface area contributed by atoms with Crippen LogP contribution in [0.1, 0.15) is 334 Å². The maximum atomic E-state index is 1.58. The van der Waals surface area contributed by atoms with Crippen molar-refractivity contribution in [2.45, 2.75) is 334 Å². The Morgan fingerprint density at radius 2 is 0.234 bits per heavy atom. The smallest absolute Gasteiger partial charge is 0.0409 e. The van der Waals surface area contributed by atoms with Crippen LogP contribution in [0.3, 0.4) is 0 Å². The number of rotatable bonds is 0. The van der Waals surface area contributed by atoms with E-state index in [0.717, 1.165) is 35.5 Å². The van der Waals surface area contributed by atoms with Crippen LogP contribution < -0.4 is 0 Å². The fourth-order valence-electron chi connectivity index (χ4n) is 16.7. The normalized spacial score (nSPS) is 39.8. The molecule has 0 spiro atoms. The molecule has 0 heteroatoms. The van der Waals surface area contributed by atoms with E-state index in [-0.39, 0.29) is 0 Å². The van der Waals surface area contributed by atoms with E-state index in [1.807, 2.05) is 0 Å². The summed E-state index contributed by atoms with van der Waals surface area (Å²) in [6.07, 6.45) is 80.0. The molecule has 0 aliphatic heterocycles. The predicted octanol–water partition coefficient (Wildman–Crippen LogP) is 21.8. The molecule has 4 unspecified atom stereocenters. The van der Waals surface area contributed by atoms with E-state index in [9.17, 15) is 0 Å². The summed E-state index contributed by atoms with van der Waals surface area (Å²) in [5.41, 5.74) is 0. The molecular formula is C64H116. The Labute approximate surface area is 403 Å². The molecular weight excluding hydrogens is 769 g/mol. The van der Waals surface area contributed by atoms with Crippen molar-refractivity contribution in [3.8, 4) is 0 Å². The molecule has 18 saturated carbocycles. The first-order chi connectivity index (χ1) is 31.7. The minimum atomic E-state index is 1.15. The lowest BCUT2D eigenvalue weighted by molar-refractivity contribution is 0.116. The second kappa shape index (κ2) is 31.3. The summed E-state index contributed by atoms with van der Waals surface area (Å²) in [6.45, 7) is 0.